The van der Waals surface area contributed by atoms with Gasteiger partial charge in [0.1, 0.15) is 16.3 Å². The lowest BCUT2D eigenvalue weighted by Crippen LogP contribution is -2.44. The first-order valence-electron chi connectivity index (χ1n) is 11.1. The van der Waals surface area contributed by atoms with Gasteiger partial charge in [-0.05, 0) is 47.9 Å². The Balaban J connectivity index is 1.62. The fourth-order valence-electron chi connectivity index (χ4n) is 4.23. The second-order valence-corrected chi connectivity index (χ2v) is 10.2. The molecule has 0 aliphatic carbocycles. The summed E-state index contributed by atoms with van der Waals surface area (Å²) in [6, 6.07) is 14.2. The van der Waals surface area contributed by atoms with Crippen LogP contribution < -0.4 is 0 Å². The van der Waals surface area contributed by atoms with Gasteiger partial charge in [0.25, 0.3) is 0 Å². The standard InChI is InChI=1S/C26H30N2O3S/c1-16(2)19-12-20-21(28-15-27-20)13-23(19)32-24-22(29)14-26(17(3)4,31-25(24)30)11-10-18-8-6-5-7-9-18/h5-9,12-13,15-17,29H,10-11,14H2,1-4H3,(H,27,28)/t26-/m0/s1. The number of thioether (sulfide) groups is 1. The number of imidazole rings is 1. The molecule has 2 aromatic carbocycles. The van der Waals surface area contributed by atoms with Crippen molar-refractivity contribution in [1.82, 2.24) is 9.97 Å². The molecule has 3 aromatic rings. The summed E-state index contributed by atoms with van der Waals surface area (Å²) in [5.74, 6) is 0.00543. The third kappa shape index (κ3) is 4.42. The van der Waals surface area contributed by atoms with Crippen molar-refractivity contribution in [3.63, 3.8) is 0 Å². The van der Waals surface area contributed by atoms with Crippen molar-refractivity contribution in [2.45, 2.75) is 63.4 Å². The van der Waals surface area contributed by atoms with Crippen molar-refractivity contribution in [2.75, 3.05) is 0 Å². The first kappa shape index (κ1) is 22.5. The van der Waals surface area contributed by atoms with E-state index in [1.54, 1.807) is 6.33 Å². The Morgan fingerprint density at radius 1 is 1.19 bits per heavy atom. The van der Waals surface area contributed by atoms with Gasteiger partial charge >= 0.3 is 5.97 Å². The quantitative estimate of drug-likeness (QED) is 0.401. The largest absolute Gasteiger partial charge is 0.511 e. The van der Waals surface area contributed by atoms with E-state index in [1.165, 1.54) is 17.3 Å². The average molecular weight is 451 g/mol. The first-order valence-corrected chi connectivity index (χ1v) is 11.9. The molecule has 0 spiro atoms. The molecule has 1 aliphatic rings. The lowest BCUT2D eigenvalue weighted by atomic mass is 9.80. The van der Waals surface area contributed by atoms with Gasteiger partial charge in [0, 0.05) is 11.3 Å². The molecule has 4 rings (SSSR count). The Kier molecular flexibility index (Phi) is 6.33. The van der Waals surface area contributed by atoms with Gasteiger partial charge in [0.15, 0.2) is 0 Å². The molecule has 5 nitrogen and oxygen atoms in total. The fraction of sp³-hybridized carbons (Fsp3) is 0.385. The summed E-state index contributed by atoms with van der Waals surface area (Å²) in [5, 5.41) is 11.0. The van der Waals surface area contributed by atoms with Crippen LogP contribution in [0.4, 0.5) is 0 Å². The minimum atomic E-state index is -0.714. The number of aliphatic hydroxyl groups is 1. The number of aromatic nitrogens is 2. The van der Waals surface area contributed by atoms with E-state index < -0.39 is 11.6 Å². The van der Waals surface area contributed by atoms with Crippen molar-refractivity contribution in [1.29, 1.82) is 0 Å². The number of aliphatic hydroxyl groups excluding tert-OH is 1. The zero-order chi connectivity index (χ0) is 22.9. The highest BCUT2D eigenvalue weighted by atomic mass is 32.2. The number of carbonyl (C=O) groups excluding carboxylic acids is 1. The van der Waals surface area contributed by atoms with Crippen molar-refractivity contribution in [3.8, 4) is 0 Å². The highest BCUT2D eigenvalue weighted by Gasteiger charge is 2.44. The van der Waals surface area contributed by atoms with E-state index in [1.807, 2.05) is 38.1 Å². The van der Waals surface area contributed by atoms with Gasteiger partial charge in [-0.25, -0.2) is 9.78 Å². The van der Waals surface area contributed by atoms with Crippen LogP contribution in [-0.2, 0) is 16.0 Å². The summed E-state index contributed by atoms with van der Waals surface area (Å²) in [7, 11) is 0. The van der Waals surface area contributed by atoms with E-state index in [4.69, 9.17) is 4.74 Å². The highest BCUT2D eigenvalue weighted by molar-refractivity contribution is 8.04. The van der Waals surface area contributed by atoms with Crippen LogP contribution in [0.5, 0.6) is 0 Å². The third-order valence-corrected chi connectivity index (χ3v) is 7.51. The molecule has 32 heavy (non-hydrogen) atoms. The Hall–Kier alpha value is -2.73. The molecule has 0 fully saturated rings. The van der Waals surface area contributed by atoms with Gasteiger partial charge in [-0.15, -0.1) is 0 Å². The van der Waals surface area contributed by atoms with Crippen LogP contribution in [0.25, 0.3) is 11.0 Å². The number of ether oxygens (including phenoxy) is 1. The molecular formula is C26H30N2O3S. The molecule has 1 aromatic heterocycles. The fourth-order valence-corrected chi connectivity index (χ4v) is 5.35. The van der Waals surface area contributed by atoms with E-state index >= 15 is 0 Å². The molecule has 168 valence electrons. The SMILES string of the molecule is CC(C)c1cc2[nH]cnc2cc1SC1=C(O)C[C@@](CCc2ccccc2)(C(C)C)OC1=O. The molecule has 0 bridgehead atoms. The predicted molar refractivity (Wildman–Crippen MR) is 129 cm³/mol. The molecule has 0 unspecified atom stereocenters. The van der Waals surface area contributed by atoms with Crippen LogP contribution in [0.1, 0.15) is 57.6 Å². The van der Waals surface area contributed by atoms with Gasteiger partial charge in [-0.1, -0.05) is 69.8 Å². The second-order valence-electron chi connectivity index (χ2n) is 9.11. The van der Waals surface area contributed by atoms with Crippen molar-refractivity contribution in [2.24, 2.45) is 5.92 Å². The molecule has 0 amide bonds. The Bertz CT molecular complexity index is 1150. The van der Waals surface area contributed by atoms with Gasteiger partial charge < -0.3 is 14.8 Å². The summed E-state index contributed by atoms with van der Waals surface area (Å²) in [5.41, 5.74) is 3.38. The number of hydrogen-bond acceptors (Lipinski definition) is 5. The predicted octanol–water partition coefficient (Wildman–Crippen LogP) is 6.52. The number of nitrogens with one attached hydrogen (secondary N) is 1. The minimum absolute atomic E-state index is 0.0792. The van der Waals surface area contributed by atoms with E-state index in [-0.39, 0.29) is 22.5 Å². The Morgan fingerprint density at radius 3 is 2.59 bits per heavy atom. The average Bonchev–Trinajstić information content (AvgIpc) is 3.22. The van der Waals surface area contributed by atoms with E-state index in [9.17, 15) is 9.90 Å². The number of carbonyl (C=O) groups is 1. The maximum atomic E-state index is 13.2. The van der Waals surface area contributed by atoms with E-state index in [0.29, 0.717) is 12.8 Å². The smallest absolute Gasteiger partial charge is 0.349 e. The molecular weight excluding hydrogens is 420 g/mol. The number of fused-ring (bicyclic) bond motifs is 1. The topological polar surface area (TPSA) is 75.2 Å². The van der Waals surface area contributed by atoms with E-state index in [0.717, 1.165) is 27.9 Å². The zero-order valence-corrected chi connectivity index (χ0v) is 19.8. The molecule has 6 heteroatoms. The van der Waals surface area contributed by atoms with Gasteiger partial charge in [-0.2, -0.15) is 0 Å². The van der Waals surface area contributed by atoms with Crippen LogP contribution in [0, 0.1) is 5.92 Å². The summed E-state index contributed by atoms with van der Waals surface area (Å²) in [6.45, 7) is 8.32. The van der Waals surface area contributed by atoms with E-state index in [2.05, 4.69) is 42.0 Å². The number of rotatable bonds is 7. The Labute approximate surface area is 193 Å². The number of benzene rings is 2. The molecule has 0 saturated carbocycles. The number of hydrogen-bond donors (Lipinski definition) is 2. The van der Waals surface area contributed by atoms with Crippen LogP contribution in [0.3, 0.4) is 0 Å². The van der Waals surface area contributed by atoms with Gasteiger partial charge in [-0.3, -0.25) is 0 Å². The molecule has 2 heterocycles. The molecule has 0 radical (unpaired) electrons. The highest BCUT2D eigenvalue weighted by Crippen LogP contribution is 2.44. The minimum Gasteiger partial charge on any atom is -0.511 e. The molecule has 0 saturated heterocycles. The van der Waals surface area contributed by atoms with Gasteiger partial charge in [0.2, 0.25) is 0 Å². The second kappa shape index (κ2) is 9.02. The third-order valence-electron chi connectivity index (χ3n) is 6.33. The number of aryl methyl sites for hydroxylation is 1. The number of aromatic amines is 1. The summed E-state index contributed by atoms with van der Waals surface area (Å²) >= 11 is 1.28. The van der Waals surface area contributed by atoms with Crippen LogP contribution in [0.2, 0.25) is 0 Å². The number of nitrogens with zero attached hydrogens (tertiary/aromatic N) is 1. The molecule has 1 aliphatic heterocycles. The lowest BCUT2D eigenvalue weighted by molar-refractivity contribution is -0.164. The van der Waals surface area contributed by atoms with Crippen molar-refractivity contribution in [3.05, 3.63) is 70.6 Å². The van der Waals surface area contributed by atoms with Crippen molar-refractivity contribution < 1.29 is 14.6 Å². The summed E-state index contributed by atoms with van der Waals surface area (Å²) < 4.78 is 6.09. The van der Waals surface area contributed by atoms with Gasteiger partial charge in [0.05, 0.1) is 17.4 Å². The first-order chi connectivity index (χ1) is 15.3. The van der Waals surface area contributed by atoms with Crippen LogP contribution >= 0.6 is 11.8 Å². The summed E-state index contributed by atoms with van der Waals surface area (Å²) in [6.07, 6.45) is 3.44. The molecule has 2 N–H and O–H groups in total. The van der Waals surface area contributed by atoms with Crippen LogP contribution in [0.15, 0.2) is 64.4 Å². The monoisotopic (exact) mass is 450 g/mol. The number of esters is 1. The van der Waals surface area contributed by atoms with Crippen LogP contribution in [-0.4, -0.2) is 26.6 Å². The lowest BCUT2D eigenvalue weighted by Gasteiger charge is -2.40. The zero-order valence-electron chi connectivity index (χ0n) is 19.0. The normalized spacial score (nSPS) is 19.2. The Morgan fingerprint density at radius 2 is 1.94 bits per heavy atom. The summed E-state index contributed by atoms with van der Waals surface area (Å²) in [4.78, 5) is 21.8. The maximum absolute atomic E-state index is 13.2. The molecule has 1 atom stereocenters. The maximum Gasteiger partial charge on any atom is 0.349 e. The van der Waals surface area contributed by atoms with Crippen molar-refractivity contribution >= 4 is 28.8 Å². The number of cyclic esters (lactones) is 1. The number of H-pyrrole nitrogens is 1.